The molecule has 0 amide bonds. The van der Waals surface area contributed by atoms with E-state index < -0.39 is 28.9 Å². The maximum atomic E-state index is 14.8. The van der Waals surface area contributed by atoms with E-state index in [4.69, 9.17) is 17.3 Å². The van der Waals surface area contributed by atoms with Crippen LogP contribution in [0.1, 0.15) is 25.8 Å². The van der Waals surface area contributed by atoms with Crippen LogP contribution < -0.4 is 10.6 Å². The van der Waals surface area contributed by atoms with Crippen LogP contribution >= 0.6 is 0 Å². The number of alkyl halides is 3. The van der Waals surface area contributed by atoms with Crippen LogP contribution in [-0.4, -0.2) is 29.1 Å². The first-order chi connectivity index (χ1) is 18.4. The van der Waals surface area contributed by atoms with E-state index in [0.717, 1.165) is 24.3 Å². The third kappa shape index (κ3) is 4.90. The summed E-state index contributed by atoms with van der Waals surface area (Å²) in [7, 11) is 0. The van der Waals surface area contributed by atoms with Gasteiger partial charge in [-0.05, 0) is 47.7 Å². The standard InChI is InChI=1S/C29H24F5N5/c1-28(2)15-39(12-11-24(28)35)27-37-22-9-7-16(25-19(29(32,33)34)5-4-6-20(25)30)13-18(22)26(38-27)17-8-10-23(36-3)21(31)14-17/h4-10,13-14,24H,11-12,15,35H2,1-2H3. The lowest BCUT2D eigenvalue weighted by Gasteiger charge is -2.42. The topological polar surface area (TPSA) is 59.4 Å². The molecule has 3 aromatic carbocycles. The van der Waals surface area contributed by atoms with Gasteiger partial charge >= 0.3 is 6.18 Å². The Hall–Kier alpha value is -4.10. The number of nitrogens with two attached hydrogens (primary N) is 1. The molecule has 0 saturated carbocycles. The zero-order valence-electron chi connectivity index (χ0n) is 21.2. The van der Waals surface area contributed by atoms with Crippen LogP contribution in [-0.2, 0) is 6.18 Å². The molecule has 1 saturated heterocycles. The summed E-state index contributed by atoms with van der Waals surface area (Å²) in [5.41, 5.74) is 5.12. The molecule has 5 rings (SSSR count). The van der Waals surface area contributed by atoms with E-state index in [2.05, 4.69) is 9.83 Å². The lowest BCUT2D eigenvalue weighted by Crippen LogP contribution is -2.53. The Morgan fingerprint density at radius 2 is 1.74 bits per heavy atom. The van der Waals surface area contributed by atoms with Crippen LogP contribution in [0.25, 0.3) is 38.1 Å². The van der Waals surface area contributed by atoms with Crippen molar-refractivity contribution in [2.75, 3.05) is 18.0 Å². The molecule has 4 aromatic rings. The molecular weight excluding hydrogens is 513 g/mol. The van der Waals surface area contributed by atoms with E-state index in [1.807, 2.05) is 18.7 Å². The fourth-order valence-corrected chi connectivity index (χ4v) is 4.98. The quantitative estimate of drug-likeness (QED) is 0.219. The molecule has 200 valence electrons. The van der Waals surface area contributed by atoms with Crippen LogP contribution in [0.5, 0.6) is 0 Å². The summed E-state index contributed by atoms with van der Waals surface area (Å²) in [6, 6.07) is 11.1. The predicted octanol–water partition coefficient (Wildman–Crippen LogP) is 7.38. The Morgan fingerprint density at radius 3 is 2.41 bits per heavy atom. The van der Waals surface area contributed by atoms with Crippen molar-refractivity contribution in [2.24, 2.45) is 11.1 Å². The number of fused-ring (bicyclic) bond motifs is 1. The number of benzene rings is 3. The summed E-state index contributed by atoms with van der Waals surface area (Å²) < 4.78 is 70.8. The van der Waals surface area contributed by atoms with Crippen molar-refractivity contribution in [3.63, 3.8) is 0 Å². The van der Waals surface area contributed by atoms with Crippen LogP contribution in [0.3, 0.4) is 0 Å². The molecule has 1 atom stereocenters. The van der Waals surface area contributed by atoms with Gasteiger partial charge in [0.25, 0.3) is 0 Å². The molecule has 10 heteroatoms. The Kier molecular flexibility index (Phi) is 6.51. The highest BCUT2D eigenvalue weighted by atomic mass is 19.4. The van der Waals surface area contributed by atoms with Crippen molar-refractivity contribution in [3.05, 3.63) is 83.2 Å². The Bertz CT molecular complexity index is 1620. The largest absolute Gasteiger partial charge is 0.417 e. The average Bonchev–Trinajstić information content (AvgIpc) is 2.88. The summed E-state index contributed by atoms with van der Waals surface area (Å²) in [4.78, 5) is 14.5. The van der Waals surface area contributed by atoms with Gasteiger partial charge < -0.3 is 10.6 Å². The number of nitrogens with zero attached hydrogens (tertiary/aromatic N) is 4. The molecule has 1 unspecified atom stereocenters. The molecule has 2 N–H and O–H groups in total. The minimum absolute atomic E-state index is 0.0184. The van der Waals surface area contributed by atoms with E-state index in [1.54, 1.807) is 0 Å². The summed E-state index contributed by atoms with van der Waals surface area (Å²) in [5, 5.41) is 0.315. The van der Waals surface area contributed by atoms with Gasteiger partial charge in [-0.25, -0.2) is 23.6 Å². The molecule has 2 heterocycles. The number of rotatable bonds is 3. The van der Waals surface area contributed by atoms with Crippen molar-refractivity contribution in [2.45, 2.75) is 32.5 Å². The highest BCUT2D eigenvalue weighted by Crippen LogP contribution is 2.41. The first-order valence-electron chi connectivity index (χ1n) is 12.2. The van der Waals surface area contributed by atoms with Crippen molar-refractivity contribution in [3.8, 4) is 22.4 Å². The van der Waals surface area contributed by atoms with Gasteiger partial charge in [-0.1, -0.05) is 38.1 Å². The zero-order valence-corrected chi connectivity index (χ0v) is 21.2. The van der Waals surface area contributed by atoms with Crippen LogP contribution in [0, 0.1) is 23.6 Å². The molecule has 1 aliphatic heterocycles. The van der Waals surface area contributed by atoms with Crippen LogP contribution in [0.15, 0.2) is 54.6 Å². The lowest BCUT2D eigenvalue weighted by molar-refractivity contribution is -0.137. The first kappa shape index (κ1) is 26.5. The van der Waals surface area contributed by atoms with E-state index in [-0.39, 0.29) is 28.4 Å². The minimum atomic E-state index is -4.78. The third-order valence-corrected chi connectivity index (χ3v) is 7.23. The molecule has 5 nitrogen and oxygen atoms in total. The molecule has 39 heavy (non-hydrogen) atoms. The lowest BCUT2D eigenvalue weighted by atomic mass is 9.80. The summed E-state index contributed by atoms with van der Waals surface area (Å²) in [6.45, 7) is 12.4. The molecule has 1 aromatic heterocycles. The summed E-state index contributed by atoms with van der Waals surface area (Å²) in [5.74, 6) is -1.42. The second kappa shape index (κ2) is 9.58. The number of hydrogen-bond donors (Lipinski definition) is 1. The van der Waals surface area contributed by atoms with E-state index in [0.29, 0.717) is 41.9 Å². The van der Waals surface area contributed by atoms with E-state index in [1.165, 1.54) is 30.3 Å². The van der Waals surface area contributed by atoms with Crippen molar-refractivity contribution in [1.82, 2.24) is 9.97 Å². The highest BCUT2D eigenvalue weighted by Gasteiger charge is 2.36. The van der Waals surface area contributed by atoms with Crippen molar-refractivity contribution in [1.29, 1.82) is 0 Å². The monoisotopic (exact) mass is 537 g/mol. The fraction of sp³-hybridized carbons (Fsp3) is 0.276. The van der Waals surface area contributed by atoms with E-state index >= 15 is 0 Å². The zero-order chi connectivity index (χ0) is 28.1. The maximum absolute atomic E-state index is 14.8. The van der Waals surface area contributed by atoms with Crippen molar-refractivity contribution >= 4 is 22.5 Å². The number of anilines is 1. The summed E-state index contributed by atoms with van der Waals surface area (Å²) in [6.07, 6.45) is -4.08. The second-order valence-electron chi connectivity index (χ2n) is 10.3. The maximum Gasteiger partial charge on any atom is 0.417 e. The predicted molar refractivity (Wildman–Crippen MR) is 140 cm³/mol. The SMILES string of the molecule is [C-]#[N+]c1ccc(-c2nc(N3CCC(N)C(C)(C)C3)nc3ccc(-c4c(F)cccc4C(F)(F)F)cc23)cc1F. The van der Waals surface area contributed by atoms with Gasteiger partial charge in [0.05, 0.1) is 23.3 Å². The van der Waals surface area contributed by atoms with Crippen LogP contribution in [0.4, 0.5) is 33.6 Å². The fourth-order valence-electron chi connectivity index (χ4n) is 4.98. The number of aromatic nitrogens is 2. The number of halogens is 5. The number of hydrogen-bond acceptors (Lipinski definition) is 4. The highest BCUT2D eigenvalue weighted by molar-refractivity contribution is 5.96. The average molecular weight is 538 g/mol. The smallest absolute Gasteiger partial charge is 0.340 e. The normalized spacial score (nSPS) is 17.3. The van der Waals surface area contributed by atoms with Gasteiger partial charge in [-0.3, -0.25) is 0 Å². The second-order valence-corrected chi connectivity index (χ2v) is 10.3. The van der Waals surface area contributed by atoms with Gasteiger partial charge in [-0.15, -0.1) is 0 Å². The Morgan fingerprint density at radius 1 is 1.00 bits per heavy atom. The molecule has 1 aliphatic rings. The minimum Gasteiger partial charge on any atom is -0.340 e. The Labute approximate surface area is 221 Å². The summed E-state index contributed by atoms with van der Waals surface area (Å²) >= 11 is 0. The van der Waals surface area contributed by atoms with Gasteiger partial charge in [0.1, 0.15) is 11.6 Å². The molecular formula is C29H24F5N5. The van der Waals surface area contributed by atoms with Gasteiger partial charge in [-0.2, -0.15) is 13.2 Å². The number of piperidine rings is 1. The Balaban J connectivity index is 1.74. The third-order valence-electron chi connectivity index (χ3n) is 7.23. The van der Waals surface area contributed by atoms with Gasteiger partial charge in [0, 0.05) is 35.6 Å². The van der Waals surface area contributed by atoms with E-state index in [9.17, 15) is 22.0 Å². The first-order valence-corrected chi connectivity index (χ1v) is 12.2. The molecule has 0 aliphatic carbocycles. The van der Waals surface area contributed by atoms with Gasteiger partial charge in [0.2, 0.25) is 11.6 Å². The molecule has 0 bridgehead atoms. The molecule has 0 spiro atoms. The van der Waals surface area contributed by atoms with Gasteiger partial charge in [0.15, 0.2) is 0 Å². The molecule has 1 fully saturated rings. The molecule has 0 radical (unpaired) electrons. The van der Waals surface area contributed by atoms with Crippen molar-refractivity contribution < 1.29 is 22.0 Å². The van der Waals surface area contributed by atoms with Crippen LogP contribution in [0.2, 0.25) is 0 Å².